The molecule has 18 heavy (non-hydrogen) atoms. The maximum atomic E-state index is 4.47. The molecule has 2 aromatic heterocycles. The number of rotatable bonds is 3. The quantitative estimate of drug-likeness (QED) is 0.889. The molecule has 3 heterocycles. The molecule has 4 heteroatoms. The largest absolute Gasteiger partial charge is 0.336 e. The smallest absolute Gasteiger partial charge is 0.0949 e. The molecule has 0 fully saturated rings. The van der Waals surface area contributed by atoms with Crippen LogP contribution in [0, 0.1) is 0 Å². The van der Waals surface area contributed by atoms with Crippen LogP contribution in [0.5, 0.6) is 0 Å². The molecular weight excluding hydrogens is 224 g/mol. The van der Waals surface area contributed by atoms with E-state index in [1.54, 1.807) is 0 Å². The Hall–Kier alpha value is -1.68. The lowest BCUT2D eigenvalue weighted by Gasteiger charge is -2.24. The Labute approximate surface area is 107 Å². The predicted octanol–water partition coefficient (Wildman–Crippen LogP) is 1.63. The summed E-state index contributed by atoms with van der Waals surface area (Å²) in [5.74, 6) is 0. The van der Waals surface area contributed by atoms with E-state index in [2.05, 4.69) is 33.0 Å². The van der Waals surface area contributed by atoms with Gasteiger partial charge in [-0.1, -0.05) is 6.07 Å². The molecule has 94 valence electrons. The topological polar surface area (TPSA) is 42.7 Å². The maximum Gasteiger partial charge on any atom is 0.0949 e. The second-order valence-electron chi connectivity index (χ2n) is 4.84. The number of aryl methyl sites for hydroxylation is 2. The van der Waals surface area contributed by atoms with E-state index in [0.29, 0.717) is 6.04 Å². The van der Waals surface area contributed by atoms with Gasteiger partial charge in [-0.05, 0) is 24.5 Å². The number of imidazole rings is 1. The molecule has 0 bridgehead atoms. The highest BCUT2D eigenvalue weighted by atomic mass is 15.1. The molecule has 1 unspecified atom stereocenters. The predicted molar refractivity (Wildman–Crippen MR) is 70.2 cm³/mol. The molecule has 4 nitrogen and oxygen atoms in total. The molecule has 0 saturated heterocycles. The summed E-state index contributed by atoms with van der Waals surface area (Å²) in [4.78, 5) is 8.63. The third-order valence-corrected chi connectivity index (χ3v) is 3.59. The van der Waals surface area contributed by atoms with E-state index in [1.165, 1.54) is 17.0 Å². The fourth-order valence-corrected chi connectivity index (χ4v) is 2.69. The molecule has 0 saturated carbocycles. The normalized spacial score (nSPS) is 18.6. The number of fused-ring (bicyclic) bond motifs is 1. The zero-order valence-corrected chi connectivity index (χ0v) is 10.6. The van der Waals surface area contributed by atoms with E-state index >= 15 is 0 Å². The van der Waals surface area contributed by atoms with E-state index in [-0.39, 0.29) is 0 Å². The minimum absolute atomic E-state index is 0.418. The minimum atomic E-state index is 0.418. The van der Waals surface area contributed by atoms with Crippen molar-refractivity contribution in [2.24, 2.45) is 7.05 Å². The van der Waals surface area contributed by atoms with Crippen LogP contribution in [-0.4, -0.2) is 21.1 Å². The lowest BCUT2D eigenvalue weighted by Crippen LogP contribution is -2.31. The van der Waals surface area contributed by atoms with Crippen LogP contribution in [0.1, 0.15) is 29.4 Å². The number of nitrogens with zero attached hydrogens (tertiary/aromatic N) is 3. The Morgan fingerprint density at radius 3 is 3.28 bits per heavy atom. The fourth-order valence-electron chi connectivity index (χ4n) is 2.69. The van der Waals surface area contributed by atoms with Crippen molar-refractivity contribution in [2.45, 2.75) is 25.3 Å². The first-order valence-electron chi connectivity index (χ1n) is 6.47. The van der Waals surface area contributed by atoms with Crippen molar-refractivity contribution >= 4 is 0 Å². The lowest BCUT2D eigenvalue weighted by molar-refractivity contribution is 0.451. The van der Waals surface area contributed by atoms with Crippen LogP contribution >= 0.6 is 0 Å². The van der Waals surface area contributed by atoms with Gasteiger partial charge in [0.1, 0.15) is 0 Å². The van der Waals surface area contributed by atoms with Gasteiger partial charge in [-0.15, -0.1) is 0 Å². The van der Waals surface area contributed by atoms with Crippen LogP contribution in [-0.2, 0) is 19.9 Å². The number of aromatic nitrogens is 3. The van der Waals surface area contributed by atoms with Gasteiger partial charge in [0.05, 0.1) is 17.7 Å². The number of hydrogen-bond donors (Lipinski definition) is 1. The molecule has 1 atom stereocenters. The second-order valence-corrected chi connectivity index (χ2v) is 4.84. The molecule has 0 aliphatic carbocycles. The number of pyridine rings is 1. The molecule has 0 spiro atoms. The summed E-state index contributed by atoms with van der Waals surface area (Å²) >= 11 is 0. The Bertz CT molecular complexity index is 518. The maximum absolute atomic E-state index is 4.47. The van der Waals surface area contributed by atoms with Crippen LogP contribution in [0.25, 0.3) is 0 Å². The van der Waals surface area contributed by atoms with Gasteiger partial charge in [-0.2, -0.15) is 0 Å². The van der Waals surface area contributed by atoms with Gasteiger partial charge in [-0.3, -0.25) is 4.98 Å². The van der Waals surface area contributed by atoms with Crippen LogP contribution in [0.4, 0.5) is 0 Å². The Morgan fingerprint density at radius 1 is 1.50 bits per heavy atom. The van der Waals surface area contributed by atoms with Crippen molar-refractivity contribution in [1.29, 1.82) is 0 Å². The zero-order chi connectivity index (χ0) is 12.4. The molecule has 0 amide bonds. The average molecular weight is 242 g/mol. The summed E-state index contributed by atoms with van der Waals surface area (Å²) in [7, 11) is 2.08. The monoisotopic (exact) mass is 242 g/mol. The van der Waals surface area contributed by atoms with Gasteiger partial charge < -0.3 is 9.88 Å². The molecule has 2 aromatic rings. The summed E-state index contributed by atoms with van der Waals surface area (Å²) in [5, 5.41) is 3.59. The van der Waals surface area contributed by atoms with Crippen LogP contribution in [0.3, 0.4) is 0 Å². The highest BCUT2D eigenvalue weighted by molar-refractivity contribution is 5.21. The van der Waals surface area contributed by atoms with E-state index in [4.69, 9.17) is 0 Å². The Morgan fingerprint density at radius 2 is 2.44 bits per heavy atom. The summed E-state index contributed by atoms with van der Waals surface area (Å²) in [5.41, 5.74) is 3.91. The van der Waals surface area contributed by atoms with Crippen LogP contribution < -0.4 is 5.32 Å². The van der Waals surface area contributed by atoms with Gasteiger partial charge in [0.25, 0.3) is 0 Å². The van der Waals surface area contributed by atoms with Gasteiger partial charge >= 0.3 is 0 Å². The van der Waals surface area contributed by atoms with Crippen molar-refractivity contribution < 1.29 is 0 Å². The average Bonchev–Trinajstić information content (AvgIpc) is 2.80. The standard InChI is InChI=1S/C14H18N4/c1-18-10-17-13-6-8-16-12(14(13)18)5-4-11-3-2-7-15-9-11/h2-3,7,9-10,12,16H,4-6,8H2,1H3. The van der Waals surface area contributed by atoms with E-state index < -0.39 is 0 Å². The molecule has 0 aromatic carbocycles. The zero-order valence-electron chi connectivity index (χ0n) is 10.6. The van der Waals surface area contributed by atoms with Crippen molar-refractivity contribution in [2.75, 3.05) is 6.54 Å². The van der Waals surface area contributed by atoms with Gasteiger partial charge in [0.15, 0.2) is 0 Å². The molecule has 0 radical (unpaired) electrons. The van der Waals surface area contributed by atoms with E-state index in [0.717, 1.165) is 25.8 Å². The lowest BCUT2D eigenvalue weighted by atomic mass is 9.99. The molecule has 3 rings (SSSR count). The number of nitrogens with one attached hydrogen (secondary N) is 1. The summed E-state index contributed by atoms with van der Waals surface area (Å²) < 4.78 is 2.15. The fraction of sp³-hybridized carbons (Fsp3) is 0.429. The molecule has 1 aliphatic heterocycles. The van der Waals surface area contributed by atoms with Gasteiger partial charge in [-0.25, -0.2) is 4.98 Å². The second kappa shape index (κ2) is 4.90. The summed E-state index contributed by atoms with van der Waals surface area (Å²) in [6.45, 7) is 1.03. The Kier molecular flexibility index (Phi) is 3.11. The first kappa shape index (κ1) is 11.4. The first-order chi connectivity index (χ1) is 8.84. The van der Waals surface area contributed by atoms with E-state index in [1.807, 2.05) is 24.8 Å². The highest BCUT2D eigenvalue weighted by Gasteiger charge is 2.23. The van der Waals surface area contributed by atoms with Crippen LogP contribution in [0.15, 0.2) is 30.9 Å². The van der Waals surface area contributed by atoms with Crippen molar-refractivity contribution in [3.63, 3.8) is 0 Å². The number of hydrogen-bond acceptors (Lipinski definition) is 3. The van der Waals surface area contributed by atoms with Crippen molar-refractivity contribution in [1.82, 2.24) is 19.9 Å². The SMILES string of the molecule is Cn1cnc2c1C(CCc1cccnc1)NCC2. The van der Waals surface area contributed by atoms with Gasteiger partial charge in [0, 0.05) is 38.4 Å². The third kappa shape index (κ3) is 2.16. The van der Waals surface area contributed by atoms with Crippen LogP contribution in [0.2, 0.25) is 0 Å². The Balaban J connectivity index is 1.73. The first-order valence-corrected chi connectivity index (χ1v) is 6.47. The summed E-state index contributed by atoms with van der Waals surface area (Å²) in [6, 6.07) is 4.56. The van der Waals surface area contributed by atoms with Gasteiger partial charge in [0.2, 0.25) is 0 Å². The molecule has 1 N–H and O–H groups in total. The van der Waals surface area contributed by atoms with Crippen molar-refractivity contribution in [3.05, 3.63) is 47.8 Å². The van der Waals surface area contributed by atoms with E-state index in [9.17, 15) is 0 Å². The third-order valence-electron chi connectivity index (χ3n) is 3.59. The molecule has 1 aliphatic rings. The minimum Gasteiger partial charge on any atom is -0.336 e. The highest BCUT2D eigenvalue weighted by Crippen LogP contribution is 2.25. The van der Waals surface area contributed by atoms with Crippen molar-refractivity contribution in [3.8, 4) is 0 Å². The summed E-state index contributed by atoms with van der Waals surface area (Å²) in [6.07, 6.45) is 8.89. The molecular formula is C14H18N4.